The minimum Gasteiger partial charge on any atom is -0.508 e. The van der Waals surface area contributed by atoms with Crippen molar-refractivity contribution >= 4 is 5.91 Å². The van der Waals surface area contributed by atoms with E-state index in [2.05, 4.69) is 10.3 Å². The molecule has 0 spiro atoms. The Morgan fingerprint density at radius 3 is 2.14 bits per heavy atom. The van der Waals surface area contributed by atoms with E-state index < -0.39 is 41.7 Å². The van der Waals surface area contributed by atoms with Gasteiger partial charge in [-0.3, -0.25) is 9.78 Å². The van der Waals surface area contributed by atoms with Gasteiger partial charge < -0.3 is 15.3 Å². The highest BCUT2D eigenvalue weighted by Crippen LogP contribution is 2.66. The fraction of sp³-hybridized carbons (Fsp3) is 0.538. The van der Waals surface area contributed by atoms with Crippen LogP contribution in [-0.4, -0.2) is 53.8 Å². The predicted octanol–water partition coefficient (Wildman–Crippen LogP) is 5.53. The van der Waals surface area contributed by atoms with Crippen molar-refractivity contribution in [3.05, 3.63) is 58.4 Å². The number of alkyl halides is 6. The van der Waals surface area contributed by atoms with Crippen LogP contribution in [0.15, 0.2) is 30.5 Å². The molecule has 1 amide bonds. The lowest BCUT2D eigenvalue weighted by Crippen LogP contribution is -2.43. The van der Waals surface area contributed by atoms with Crippen LogP contribution >= 0.6 is 0 Å². The van der Waals surface area contributed by atoms with E-state index in [0.717, 1.165) is 29.0 Å². The molecule has 2 atom stereocenters. The van der Waals surface area contributed by atoms with E-state index in [1.165, 1.54) is 0 Å². The summed E-state index contributed by atoms with van der Waals surface area (Å²) in [7, 11) is 3.64. The van der Waals surface area contributed by atoms with Gasteiger partial charge in [-0.25, -0.2) is 0 Å². The van der Waals surface area contributed by atoms with Crippen molar-refractivity contribution < 1.29 is 36.2 Å². The molecule has 1 aliphatic carbocycles. The molecule has 0 aliphatic heterocycles. The lowest BCUT2D eigenvalue weighted by Gasteiger charge is -2.30. The van der Waals surface area contributed by atoms with E-state index in [1.807, 2.05) is 32.8 Å². The van der Waals surface area contributed by atoms with E-state index in [-0.39, 0.29) is 36.7 Å². The summed E-state index contributed by atoms with van der Waals surface area (Å²) in [6, 6.07) is 4.73. The Balaban J connectivity index is 1.77. The Morgan fingerprint density at radius 1 is 1.11 bits per heavy atom. The number of hydrogen-bond donors (Lipinski definition) is 2. The lowest BCUT2D eigenvalue weighted by molar-refractivity contribution is -0.194. The Morgan fingerprint density at radius 2 is 1.70 bits per heavy atom. The number of phenolic OH excluding ortho intramolecular Hbond substituents is 1. The van der Waals surface area contributed by atoms with Gasteiger partial charge >= 0.3 is 12.4 Å². The molecule has 3 rings (SSSR count). The first-order valence-corrected chi connectivity index (χ1v) is 11.9. The summed E-state index contributed by atoms with van der Waals surface area (Å²) in [6.45, 7) is 3.88. The van der Waals surface area contributed by atoms with Gasteiger partial charge in [0.2, 0.25) is 5.91 Å². The zero-order valence-electron chi connectivity index (χ0n) is 21.1. The zero-order valence-corrected chi connectivity index (χ0v) is 21.1. The first-order chi connectivity index (χ1) is 17.0. The van der Waals surface area contributed by atoms with Gasteiger partial charge in [0.05, 0.1) is 5.41 Å². The Kier molecular flexibility index (Phi) is 8.16. The molecule has 0 radical (unpaired) electrons. The maximum Gasteiger partial charge on any atom is 0.433 e. The largest absolute Gasteiger partial charge is 0.508 e. The van der Waals surface area contributed by atoms with Crippen molar-refractivity contribution in [3.8, 4) is 5.75 Å². The van der Waals surface area contributed by atoms with Crippen molar-refractivity contribution in [2.24, 2.45) is 5.41 Å². The van der Waals surface area contributed by atoms with Crippen LogP contribution in [0.4, 0.5) is 26.3 Å². The van der Waals surface area contributed by atoms with Crippen molar-refractivity contribution in [1.82, 2.24) is 15.2 Å². The maximum absolute atomic E-state index is 14.0. The molecule has 0 saturated heterocycles. The quantitative estimate of drug-likeness (QED) is 0.418. The first-order valence-electron chi connectivity index (χ1n) is 11.9. The number of carbonyl (C=O) groups excluding carboxylic acids is 1. The van der Waals surface area contributed by atoms with Crippen LogP contribution in [0.25, 0.3) is 0 Å². The van der Waals surface area contributed by atoms with Gasteiger partial charge in [0.15, 0.2) is 0 Å². The monoisotopic (exact) mass is 531 g/mol. The average molecular weight is 532 g/mol. The number of phenols is 1. The van der Waals surface area contributed by atoms with Crippen LogP contribution in [0.1, 0.15) is 53.1 Å². The maximum atomic E-state index is 14.0. The normalized spacial score (nSPS) is 16.9. The number of carbonyl (C=O) groups is 1. The molecule has 1 aromatic heterocycles. The summed E-state index contributed by atoms with van der Waals surface area (Å²) in [5.41, 5.74) is -0.652. The standard InChI is InChI=1S/C26H31F6N3O2/c1-15-9-19(36)10-16(2)20(15)11-18(35(3)4)14-34-23(37)12-21(24(7-8-24)26(30,31)32)17-5-6-22(33-13-17)25(27,28)29/h5-6,9-10,13,18,21,36H,7-8,11-12,14H2,1-4H3,(H,34,37). The van der Waals surface area contributed by atoms with Crippen LogP contribution in [0, 0.1) is 19.3 Å². The minimum absolute atomic E-state index is 0.0440. The van der Waals surface area contributed by atoms with Crippen LogP contribution < -0.4 is 5.32 Å². The summed E-state index contributed by atoms with van der Waals surface area (Å²) in [5.74, 6) is -1.82. The van der Waals surface area contributed by atoms with Crippen LogP contribution in [0.5, 0.6) is 5.75 Å². The molecule has 1 saturated carbocycles. The SMILES string of the molecule is Cc1cc(O)cc(C)c1CC(CNC(=O)CC(c1ccc(C(F)(F)F)nc1)C1(C(F)(F)F)CC1)N(C)C. The number of hydrogen-bond acceptors (Lipinski definition) is 4. The van der Waals surface area contributed by atoms with Gasteiger partial charge in [0.25, 0.3) is 0 Å². The van der Waals surface area contributed by atoms with Crippen molar-refractivity contribution in [3.63, 3.8) is 0 Å². The number of nitrogens with zero attached hydrogens (tertiary/aromatic N) is 2. The summed E-state index contributed by atoms with van der Waals surface area (Å²) >= 11 is 0. The molecule has 204 valence electrons. The number of aromatic nitrogens is 1. The predicted molar refractivity (Wildman–Crippen MR) is 126 cm³/mol. The van der Waals surface area contributed by atoms with Gasteiger partial charge in [-0.1, -0.05) is 6.07 Å². The number of aryl methyl sites for hydroxylation is 2. The molecular formula is C26H31F6N3O2. The molecule has 5 nitrogen and oxygen atoms in total. The number of benzene rings is 1. The second-order valence-electron chi connectivity index (χ2n) is 10.1. The van der Waals surface area contributed by atoms with Crippen molar-refractivity contribution in [1.29, 1.82) is 0 Å². The number of rotatable bonds is 9. The van der Waals surface area contributed by atoms with Crippen LogP contribution in [0.3, 0.4) is 0 Å². The highest BCUT2D eigenvalue weighted by Gasteiger charge is 2.67. The number of pyridine rings is 1. The molecular weight excluding hydrogens is 500 g/mol. The molecule has 1 fully saturated rings. The third-order valence-corrected chi connectivity index (χ3v) is 7.27. The smallest absolute Gasteiger partial charge is 0.433 e. The third kappa shape index (κ3) is 6.55. The first kappa shape index (κ1) is 28.7. The Bertz CT molecular complexity index is 1090. The Hall–Kier alpha value is -2.82. The summed E-state index contributed by atoms with van der Waals surface area (Å²) in [5, 5.41) is 12.5. The molecule has 1 heterocycles. The number of likely N-dealkylation sites (N-methyl/N-ethyl adjacent to an activating group) is 1. The molecule has 2 unspecified atom stereocenters. The molecule has 0 bridgehead atoms. The van der Waals surface area contributed by atoms with E-state index >= 15 is 0 Å². The highest BCUT2D eigenvalue weighted by atomic mass is 19.4. The lowest BCUT2D eigenvalue weighted by atomic mass is 9.80. The van der Waals surface area contributed by atoms with Gasteiger partial charge in [-0.2, -0.15) is 26.3 Å². The zero-order chi connectivity index (χ0) is 27.8. The van der Waals surface area contributed by atoms with E-state index in [1.54, 1.807) is 12.1 Å². The van der Waals surface area contributed by atoms with E-state index in [0.29, 0.717) is 12.5 Å². The molecule has 11 heteroatoms. The fourth-order valence-corrected chi connectivity index (χ4v) is 4.83. The van der Waals surface area contributed by atoms with Crippen LogP contribution in [-0.2, 0) is 17.4 Å². The van der Waals surface area contributed by atoms with Crippen molar-refractivity contribution in [2.45, 2.75) is 63.8 Å². The van der Waals surface area contributed by atoms with Gasteiger partial charge in [-0.05, 0) is 87.7 Å². The van der Waals surface area contributed by atoms with Crippen molar-refractivity contribution in [2.75, 3.05) is 20.6 Å². The molecule has 2 N–H and O–H groups in total. The average Bonchev–Trinajstić information content (AvgIpc) is 3.58. The third-order valence-electron chi connectivity index (χ3n) is 7.27. The summed E-state index contributed by atoms with van der Waals surface area (Å²) in [4.78, 5) is 18.1. The van der Waals surface area contributed by atoms with Gasteiger partial charge in [0, 0.05) is 31.1 Å². The fourth-order valence-electron chi connectivity index (χ4n) is 4.83. The molecule has 37 heavy (non-hydrogen) atoms. The van der Waals surface area contributed by atoms with E-state index in [4.69, 9.17) is 0 Å². The van der Waals surface area contributed by atoms with Gasteiger partial charge in [-0.15, -0.1) is 0 Å². The number of aromatic hydroxyl groups is 1. The number of nitrogens with one attached hydrogen (secondary N) is 1. The topological polar surface area (TPSA) is 65.5 Å². The second kappa shape index (κ2) is 10.5. The Labute approximate surface area is 211 Å². The van der Waals surface area contributed by atoms with Crippen LogP contribution in [0.2, 0.25) is 0 Å². The van der Waals surface area contributed by atoms with E-state index in [9.17, 15) is 36.2 Å². The summed E-state index contributed by atoms with van der Waals surface area (Å²) < 4.78 is 80.6. The number of amides is 1. The summed E-state index contributed by atoms with van der Waals surface area (Å²) in [6.07, 6.45) is -8.92. The molecule has 1 aromatic carbocycles. The minimum atomic E-state index is -4.72. The molecule has 2 aromatic rings. The number of halogens is 6. The second-order valence-corrected chi connectivity index (χ2v) is 10.1. The highest BCUT2D eigenvalue weighted by molar-refractivity contribution is 5.77. The van der Waals surface area contributed by atoms with Gasteiger partial charge in [0.1, 0.15) is 11.4 Å². The molecule has 1 aliphatic rings.